The van der Waals surface area contributed by atoms with Crippen molar-refractivity contribution >= 4 is 5.91 Å². The molecule has 2 rings (SSSR count). The second kappa shape index (κ2) is 5.48. The Hall–Kier alpha value is -2.11. The summed E-state index contributed by atoms with van der Waals surface area (Å²) in [5.74, 6) is 0.381. The third-order valence-corrected chi connectivity index (χ3v) is 2.53. The average Bonchev–Trinajstić information content (AvgIpc) is 2.95. The van der Waals surface area contributed by atoms with Gasteiger partial charge in [0.1, 0.15) is 5.69 Å². The number of aromatic nitrogens is 4. The highest BCUT2D eigenvalue weighted by Crippen LogP contribution is 2.04. The second-order valence-electron chi connectivity index (χ2n) is 4.58. The zero-order valence-electron chi connectivity index (χ0n) is 10.6. The van der Waals surface area contributed by atoms with Crippen LogP contribution in [0.15, 0.2) is 25.0 Å². The lowest BCUT2D eigenvalue weighted by atomic mass is 10.2. The van der Waals surface area contributed by atoms with Gasteiger partial charge in [0.15, 0.2) is 0 Å². The fraction of sp³-hybridized carbons (Fsp3) is 0.417. The molecule has 0 atom stereocenters. The van der Waals surface area contributed by atoms with Gasteiger partial charge in [0.05, 0.1) is 31.1 Å². The SMILES string of the molecule is CC(C)Cn1cncc1CNC(=O)c1cnc[nH]1. The minimum absolute atomic E-state index is 0.162. The molecule has 0 fully saturated rings. The zero-order valence-corrected chi connectivity index (χ0v) is 10.6. The Bertz CT molecular complexity index is 500. The number of carbonyl (C=O) groups is 1. The summed E-state index contributed by atoms with van der Waals surface area (Å²) in [5.41, 5.74) is 1.46. The van der Waals surface area contributed by atoms with E-state index in [4.69, 9.17) is 0 Å². The van der Waals surface area contributed by atoms with E-state index in [2.05, 4.69) is 38.7 Å². The van der Waals surface area contributed by atoms with E-state index in [1.165, 1.54) is 12.5 Å². The summed E-state index contributed by atoms with van der Waals surface area (Å²) in [7, 11) is 0. The van der Waals surface area contributed by atoms with Crippen molar-refractivity contribution in [3.8, 4) is 0 Å². The Morgan fingerprint density at radius 1 is 1.44 bits per heavy atom. The van der Waals surface area contributed by atoms with Crippen molar-refractivity contribution in [1.82, 2.24) is 24.8 Å². The maximum absolute atomic E-state index is 11.7. The molecule has 2 aromatic rings. The zero-order chi connectivity index (χ0) is 13.0. The number of imidazole rings is 2. The van der Waals surface area contributed by atoms with Crippen LogP contribution in [0, 0.1) is 5.92 Å². The van der Waals surface area contributed by atoms with Gasteiger partial charge in [-0.2, -0.15) is 0 Å². The van der Waals surface area contributed by atoms with E-state index in [0.29, 0.717) is 18.2 Å². The van der Waals surface area contributed by atoms with Crippen molar-refractivity contribution in [3.63, 3.8) is 0 Å². The van der Waals surface area contributed by atoms with Crippen LogP contribution in [0.2, 0.25) is 0 Å². The Morgan fingerprint density at radius 2 is 2.28 bits per heavy atom. The molecule has 6 nitrogen and oxygen atoms in total. The van der Waals surface area contributed by atoms with Gasteiger partial charge in [-0.25, -0.2) is 9.97 Å². The molecule has 96 valence electrons. The summed E-state index contributed by atoms with van der Waals surface area (Å²) in [6.07, 6.45) is 6.55. The Labute approximate surface area is 105 Å². The van der Waals surface area contributed by atoms with Crippen molar-refractivity contribution in [2.75, 3.05) is 0 Å². The predicted octanol–water partition coefficient (Wildman–Crippen LogP) is 1.19. The van der Waals surface area contributed by atoms with Crippen LogP contribution in [0.4, 0.5) is 0 Å². The third-order valence-electron chi connectivity index (χ3n) is 2.53. The Balaban J connectivity index is 1.94. The van der Waals surface area contributed by atoms with E-state index >= 15 is 0 Å². The Morgan fingerprint density at radius 3 is 2.94 bits per heavy atom. The van der Waals surface area contributed by atoms with Gasteiger partial charge in [-0.05, 0) is 5.92 Å². The molecular formula is C12H17N5O. The van der Waals surface area contributed by atoms with E-state index in [-0.39, 0.29) is 5.91 Å². The van der Waals surface area contributed by atoms with Crippen molar-refractivity contribution in [1.29, 1.82) is 0 Å². The van der Waals surface area contributed by atoms with Gasteiger partial charge < -0.3 is 14.9 Å². The van der Waals surface area contributed by atoms with E-state index in [9.17, 15) is 4.79 Å². The smallest absolute Gasteiger partial charge is 0.269 e. The maximum atomic E-state index is 11.7. The van der Waals surface area contributed by atoms with Gasteiger partial charge in [-0.15, -0.1) is 0 Å². The molecule has 0 aliphatic rings. The summed E-state index contributed by atoms with van der Waals surface area (Å²) in [6, 6.07) is 0. The second-order valence-corrected chi connectivity index (χ2v) is 4.58. The van der Waals surface area contributed by atoms with Crippen LogP contribution in [0.3, 0.4) is 0 Å². The number of hydrogen-bond acceptors (Lipinski definition) is 3. The number of aromatic amines is 1. The monoisotopic (exact) mass is 247 g/mol. The van der Waals surface area contributed by atoms with E-state index < -0.39 is 0 Å². The highest BCUT2D eigenvalue weighted by atomic mass is 16.1. The molecule has 0 aliphatic carbocycles. The Kier molecular flexibility index (Phi) is 3.76. The van der Waals surface area contributed by atoms with Gasteiger partial charge in [0, 0.05) is 12.7 Å². The van der Waals surface area contributed by atoms with Crippen molar-refractivity contribution in [2.24, 2.45) is 5.92 Å². The molecule has 0 aromatic carbocycles. The molecule has 1 amide bonds. The van der Waals surface area contributed by atoms with Crippen LogP contribution in [-0.4, -0.2) is 25.4 Å². The first-order chi connectivity index (χ1) is 8.66. The third kappa shape index (κ3) is 2.97. The minimum atomic E-state index is -0.162. The lowest BCUT2D eigenvalue weighted by Crippen LogP contribution is -2.24. The number of carbonyl (C=O) groups excluding carboxylic acids is 1. The van der Waals surface area contributed by atoms with Crippen molar-refractivity contribution < 1.29 is 4.79 Å². The first kappa shape index (κ1) is 12.3. The molecule has 0 saturated heterocycles. The summed E-state index contributed by atoms with van der Waals surface area (Å²) < 4.78 is 2.05. The topological polar surface area (TPSA) is 75.6 Å². The molecule has 2 aromatic heterocycles. The first-order valence-corrected chi connectivity index (χ1v) is 5.92. The molecule has 2 heterocycles. The molecule has 0 radical (unpaired) electrons. The van der Waals surface area contributed by atoms with Crippen molar-refractivity contribution in [2.45, 2.75) is 26.9 Å². The fourth-order valence-corrected chi connectivity index (χ4v) is 1.70. The summed E-state index contributed by atoms with van der Waals surface area (Å²) in [4.78, 5) is 22.4. The van der Waals surface area contributed by atoms with Gasteiger partial charge in [0.25, 0.3) is 5.91 Å². The lowest BCUT2D eigenvalue weighted by Gasteiger charge is -2.10. The molecular weight excluding hydrogens is 230 g/mol. The molecule has 18 heavy (non-hydrogen) atoms. The molecule has 6 heteroatoms. The van der Waals surface area contributed by atoms with Gasteiger partial charge in [-0.1, -0.05) is 13.8 Å². The van der Waals surface area contributed by atoms with Crippen LogP contribution in [-0.2, 0) is 13.1 Å². The molecule has 0 unspecified atom stereocenters. The average molecular weight is 247 g/mol. The molecule has 0 saturated carbocycles. The maximum Gasteiger partial charge on any atom is 0.269 e. The van der Waals surface area contributed by atoms with E-state index in [1.807, 2.05) is 0 Å². The van der Waals surface area contributed by atoms with E-state index in [0.717, 1.165) is 12.2 Å². The van der Waals surface area contributed by atoms with Gasteiger partial charge in [-0.3, -0.25) is 4.79 Å². The lowest BCUT2D eigenvalue weighted by molar-refractivity contribution is 0.0945. The number of hydrogen-bond donors (Lipinski definition) is 2. The number of H-pyrrole nitrogens is 1. The molecule has 2 N–H and O–H groups in total. The quantitative estimate of drug-likeness (QED) is 0.833. The summed E-state index contributed by atoms with van der Waals surface area (Å²) >= 11 is 0. The minimum Gasteiger partial charge on any atom is -0.345 e. The molecule has 0 spiro atoms. The molecule has 0 bridgehead atoms. The fourth-order valence-electron chi connectivity index (χ4n) is 1.70. The van der Waals surface area contributed by atoms with Gasteiger partial charge >= 0.3 is 0 Å². The van der Waals surface area contributed by atoms with Crippen LogP contribution < -0.4 is 5.32 Å². The van der Waals surface area contributed by atoms with Gasteiger partial charge in [0.2, 0.25) is 0 Å². The molecule has 0 aliphatic heterocycles. The normalized spacial score (nSPS) is 10.8. The predicted molar refractivity (Wildman–Crippen MR) is 66.8 cm³/mol. The summed E-state index contributed by atoms with van der Waals surface area (Å²) in [5, 5.41) is 2.83. The summed E-state index contributed by atoms with van der Waals surface area (Å²) in [6.45, 7) is 5.65. The van der Waals surface area contributed by atoms with Crippen LogP contribution in [0.5, 0.6) is 0 Å². The van der Waals surface area contributed by atoms with Crippen LogP contribution in [0.25, 0.3) is 0 Å². The highest BCUT2D eigenvalue weighted by Gasteiger charge is 2.08. The number of amides is 1. The first-order valence-electron chi connectivity index (χ1n) is 5.92. The van der Waals surface area contributed by atoms with Crippen molar-refractivity contribution in [3.05, 3.63) is 36.4 Å². The standard InChI is InChI=1S/C12H17N5O/c1-9(2)6-17-8-14-3-10(17)4-15-12(18)11-5-13-7-16-11/h3,5,7-9H,4,6H2,1-2H3,(H,13,16)(H,15,18). The highest BCUT2D eigenvalue weighted by molar-refractivity contribution is 5.91. The largest absolute Gasteiger partial charge is 0.345 e. The number of rotatable bonds is 5. The van der Waals surface area contributed by atoms with Crippen LogP contribution >= 0.6 is 0 Å². The number of nitrogens with one attached hydrogen (secondary N) is 2. The van der Waals surface area contributed by atoms with Crippen LogP contribution in [0.1, 0.15) is 30.0 Å². The van der Waals surface area contributed by atoms with E-state index in [1.54, 1.807) is 12.5 Å². The number of nitrogens with zero attached hydrogens (tertiary/aromatic N) is 3.